The van der Waals surface area contributed by atoms with Crippen LogP contribution in [0.4, 0.5) is 0 Å². The number of hydrogen-bond donors (Lipinski definition) is 0. The molecule has 0 heterocycles. The summed E-state index contributed by atoms with van der Waals surface area (Å²) in [4.78, 5) is 23.5. The van der Waals surface area contributed by atoms with Crippen LogP contribution in [0.15, 0.2) is 0 Å². The Kier molecular flexibility index (Phi) is 10.9. The van der Waals surface area contributed by atoms with Crippen LogP contribution >= 0.6 is 0 Å². The molecule has 0 radical (unpaired) electrons. The van der Waals surface area contributed by atoms with Gasteiger partial charge in [0, 0.05) is 0 Å². The minimum atomic E-state index is -0.267. The fraction of sp³-hybridized carbons (Fsp3) is 0.889. The van der Waals surface area contributed by atoms with Crippen molar-refractivity contribution < 1.29 is 19.1 Å². The molecule has 0 spiro atoms. The first-order valence-electron chi connectivity index (χ1n) is 8.56. The van der Waals surface area contributed by atoms with Gasteiger partial charge < -0.3 is 9.47 Å². The van der Waals surface area contributed by atoms with Gasteiger partial charge in [-0.2, -0.15) is 0 Å². The number of ether oxygens (including phenoxy) is 2. The molecular formula is C18H34O4. The van der Waals surface area contributed by atoms with Gasteiger partial charge in [0.1, 0.15) is 0 Å². The van der Waals surface area contributed by atoms with E-state index in [0.29, 0.717) is 31.3 Å². The van der Waals surface area contributed by atoms with Gasteiger partial charge in [-0.1, -0.05) is 34.6 Å². The molecule has 0 bridgehead atoms. The first kappa shape index (κ1) is 20.9. The van der Waals surface area contributed by atoms with Crippen LogP contribution in [0, 0.1) is 23.7 Å². The molecule has 0 saturated heterocycles. The summed E-state index contributed by atoms with van der Waals surface area (Å²) >= 11 is 0. The molecule has 0 aromatic heterocycles. The van der Waals surface area contributed by atoms with Gasteiger partial charge in [-0.05, 0) is 43.9 Å². The Hall–Kier alpha value is -1.06. The second kappa shape index (κ2) is 11.5. The molecule has 0 amide bonds. The number of carbonyl (C=O) groups excluding carboxylic acids is 2. The lowest BCUT2D eigenvalue weighted by atomic mass is 9.93. The van der Waals surface area contributed by atoms with Gasteiger partial charge in [0.05, 0.1) is 25.6 Å². The van der Waals surface area contributed by atoms with Crippen molar-refractivity contribution in [2.75, 3.05) is 13.7 Å². The summed E-state index contributed by atoms with van der Waals surface area (Å²) in [6.07, 6.45) is 4.37. The molecule has 0 N–H and O–H groups in total. The molecule has 3 atom stereocenters. The first-order chi connectivity index (χ1) is 10.3. The highest BCUT2D eigenvalue weighted by Gasteiger charge is 2.24. The molecule has 0 rings (SSSR count). The molecule has 0 aliphatic carbocycles. The van der Waals surface area contributed by atoms with Gasteiger partial charge in [-0.3, -0.25) is 9.59 Å². The number of carbonyl (C=O) groups is 2. The second-order valence-corrected chi connectivity index (χ2v) is 6.81. The van der Waals surface area contributed by atoms with Crippen LogP contribution in [0.1, 0.15) is 66.7 Å². The molecule has 0 aliphatic rings. The zero-order valence-corrected chi connectivity index (χ0v) is 15.2. The van der Waals surface area contributed by atoms with Gasteiger partial charge in [-0.15, -0.1) is 0 Å². The maximum atomic E-state index is 12.0. The number of methoxy groups -OCH3 is 1. The normalized spacial score (nSPS) is 15.2. The average molecular weight is 314 g/mol. The summed E-state index contributed by atoms with van der Waals surface area (Å²) in [5.74, 6) is 0.432. The third-order valence-electron chi connectivity index (χ3n) is 4.03. The Morgan fingerprint density at radius 1 is 1.00 bits per heavy atom. The van der Waals surface area contributed by atoms with E-state index < -0.39 is 0 Å². The van der Waals surface area contributed by atoms with Gasteiger partial charge in [0.2, 0.25) is 0 Å². The van der Waals surface area contributed by atoms with E-state index in [4.69, 9.17) is 9.47 Å². The van der Waals surface area contributed by atoms with E-state index in [1.54, 1.807) is 0 Å². The molecule has 0 fully saturated rings. The molecule has 4 heteroatoms. The molecule has 3 unspecified atom stereocenters. The van der Waals surface area contributed by atoms with Crippen LogP contribution in [0.25, 0.3) is 0 Å². The molecule has 0 aromatic rings. The Labute approximate surface area is 135 Å². The lowest BCUT2D eigenvalue weighted by Gasteiger charge is -2.17. The van der Waals surface area contributed by atoms with Crippen LogP contribution in [0.2, 0.25) is 0 Å². The van der Waals surface area contributed by atoms with E-state index in [1.165, 1.54) is 13.5 Å². The van der Waals surface area contributed by atoms with Gasteiger partial charge in [0.25, 0.3) is 0 Å². The van der Waals surface area contributed by atoms with E-state index >= 15 is 0 Å². The summed E-state index contributed by atoms with van der Waals surface area (Å²) in [5.41, 5.74) is 0. The summed E-state index contributed by atoms with van der Waals surface area (Å²) in [5, 5.41) is 0. The maximum Gasteiger partial charge on any atom is 0.308 e. The largest absolute Gasteiger partial charge is 0.469 e. The fourth-order valence-corrected chi connectivity index (χ4v) is 2.79. The molecule has 130 valence electrons. The first-order valence-corrected chi connectivity index (χ1v) is 8.56. The predicted molar refractivity (Wildman–Crippen MR) is 88.4 cm³/mol. The highest BCUT2D eigenvalue weighted by atomic mass is 16.5. The van der Waals surface area contributed by atoms with Crippen molar-refractivity contribution >= 4 is 11.9 Å². The van der Waals surface area contributed by atoms with E-state index in [9.17, 15) is 9.59 Å². The molecular weight excluding hydrogens is 280 g/mol. The Bertz CT molecular complexity index is 325. The summed E-state index contributed by atoms with van der Waals surface area (Å²) < 4.78 is 10.1. The van der Waals surface area contributed by atoms with Crippen molar-refractivity contribution in [1.82, 2.24) is 0 Å². The molecule has 22 heavy (non-hydrogen) atoms. The van der Waals surface area contributed by atoms with Crippen LogP contribution < -0.4 is 0 Å². The Morgan fingerprint density at radius 2 is 1.64 bits per heavy atom. The van der Waals surface area contributed by atoms with Crippen molar-refractivity contribution in [2.45, 2.75) is 66.7 Å². The lowest BCUT2D eigenvalue weighted by Crippen LogP contribution is -2.23. The van der Waals surface area contributed by atoms with E-state index in [1.807, 2.05) is 13.8 Å². The van der Waals surface area contributed by atoms with Crippen molar-refractivity contribution in [2.24, 2.45) is 23.7 Å². The quantitative estimate of drug-likeness (QED) is 0.423. The monoisotopic (exact) mass is 314 g/mol. The van der Waals surface area contributed by atoms with Crippen molar-refractivity contribution in [3.8, 4) is 0 Å². The van der Waals surface area contributed by atoms with E-state index in [0.717, 1.165) is 12.8 Å². The topological polar surface area (TPSA) is 52.6 Å². The number of hydrogen-bond acceptors (Lipinski definition) is 4. The van der Waals surface area contributed by atoms with Crippen LogP contribution in [0.3, 0.4) is 0 Å². The van der Waals surface area contributed by atoms with E-state index in [2.05, 4.69) is 20.8 Å². The average Bonchev–Trinajstić information content (AvgIpc) is 2.47. The Morgan fingerprint density at radius 3 is 2.14 bits per heavy atom. The standard InChI is InChI=1S/C18H34O4/c1-7-16(18(20)21-6)12-15(5)17(19)22-10-8-9-14(4)11-13(2)3/h13-16H,7-12H2,1-6H3. The third kappa shape index (κ3) is 9.06. The summed E-state index contributed by atoms with van der Waals surface area (Å²) in [6, 6.07) is 0. The number of rotatable bonds is 11. The zero-order chi connectivity index (χ0) is 17.1. The molecule has 0 aromatic carbocycles. The minimum absolute atomic E-state index is 0.209. The van der Waals surface area contributed by atoms with Crippen LogP contribution in [-0.4, -0.2) is 25.7 Å². The van der Waals surface area contributed by atoms with Crippen molar-refractivity contribution in [3.63, 3.8) is 0 Å². The maximum absolute atomic E-state index is 12.0. The SMILES string of the molecule is CCC(CC(C)C(=O)OCCCC(C)CC(C)C)C(=O)OC. The number of esters is 2. The third-order valence-corrected chi connectivity index (χ3v) is 4.03. The van der Waals surface area contributed by atoms with E-state index in [-0.39, 0.29) is 23.8 Å². The van der Waals surface area contributed by atoms with Crippen LogP contribution in [-0.2, 0) is 19.1 Å². The highest BCUT2D eigenvalue weighted by Crippen LogP contribution is 2.19. The fourth-order valence-electron chi connectivity index (χ4n) is 2.79. The molecule has 0 saturated carbocycles. The lowest BCUT2D eigenvalue weighted by molar-refractivity contribution is -0.151. The minimum Gasteiger partial charge on any atom is -0.469 e. The smallest absolute Gasteiger partial charge is 0.308 e. The molecule has 4 nitrogen and oxygen atoms in total. The van der Waals surface area contributed by atoms with Crippen molar-refractivity contribution in [3.05, 3.63) is 0 Å². The van der Waals surface area contributed by atoms with Gasteiger partial charge in [0.15, 0.2) is 0 Å². The highest BCUT2D eigenvalue weighted by molar-refractivity contribution is 5.75. The van der Waals surface area contributed by atoms with Crippen LogP contribution in [0.5, 0.6) is 0 Å². The molecule has 0 aliphatic heterocycles. The van der Waals surface area contributed by atoms with Gasteiger partial charge >= 0.3 is 11.9 Å². The predicted octanol–water partition coefficient (Wildman–Crippen LogP) is 4.22. The zero-order valence-electron chi connectivity index (χ0n) is 15.2. The summed E-state index contributed by atoms with van der Waals surface area (Å²) in [7, 11) is 1.38. The second-order valence-electron chi connectivity index (χ2n) is 6.81. The summed E-state index contributed by atoms with van der Waals surface area (Å²) in [6.45, 7) is 10.9. The van der Waals surface area contributed by atoms with Gasteiger partial charge in [-0.25, -0.2) is 0 Å². The Balaban J connectivity index is 3.98. The van der Waals surface area contributed by atoms with Crippen molar-refractivity contribution in [1.29, 1.82) is 0 Å².